The maximum Gasteiger partial charge on any atom is 0.182 e. The van der Waals surface area contributed by atoms with Crippen LogP contribution in [0.15, 0.2) is 72.0 Å². The Morgan fingerprint density at radius 2 is 2.00 bits per heavy atom. The van der Waals surface area contributed by atoms with Crippen molar-refractivity contribution >= 4 is 40.7 Å². The van der Waals surface area contributed by atoms with Crippen molar-refractivity contribution in [2.45, 2.75) is 17.9 Å². The largest absolute Gasteiger partial charge is 0.360 e. The van der Waals surface area contributed by atoms with Gasteiger partial charge < -0.3 is 10.3 Å². The van der Waals surface area contributed by atoms with E-state index in [1.54, 1.807) is 18.3 Å². The van der Waals surface area contributed by atoms with Crippen molar-refractivity contribution < 1.29 is 0 Å². The molecule has 7 nitrogen and oxygen atoms in total. The van der Waals surface area contributed by atoms with E-state index in [1.807, 2.05) is 36.7 Å². The first-order chi connectivity index (χ1) is 13.8. The first-order valence-electron chi connectivity index (χ1n) is 8.89. The second-order valence-corrected chi connectivity index (χ2v) is 7.38. The molecule has 0 bridgehead atoms. The Morgan fingerprint density at radius 3 is 2.89 bits per heavy atom. The van der Waals surface area contributed by atoms with Gasteiger partial charge in [0.15, 0.2) is 11.5 Å². The Labute approximate surface area is 166 Å². The lowest BCUT2D eigenvalue weighted by atomic mass is 10.1. The molecular weight excluding hydrogens is 370 g/mol. The molecule has 2 N–H and O–H groups in total. The molecule has 138 valence electrons. The fourth-order valence-corrected chi connectivity index (χ4v) is 4.26. The molecule has 28 heavy (non-hydrogen) atoms. The number of para-hydroxylation sites is 1. The molecule has 1 aliphatic rings. The van der Waals surface area contributed by atoms with Crippen molar-refractivity contribution in [3.05, 3.63) is 72.7 Å². The van der Waals surface area contributed by atoms with Gasteiger partial charge in [-0.1, -0.05) is 18.2 Å². The van der Waals surface area contributed by atoms with E-state index in [4.69, 9.17) is 0 Å². The van der Waals surface area contributed by atoms with Gasteiger partial charge in [0.05, 0.1) is 28.6 Å². The van der Waals surface area contributed by atoms with Crippen LogP contribution >= 0.6 is 11.9 Å². The number of hydrogen-bond donors (Lipinski definition) is 2. The molecule has 0 unspecified atom stereocenters. The minimum absolute atomic E-state index is 0.00424. The smallest absolute Gasteiger partial charge is 0.182 e. The highest BCUT2D eigenvalue weighted by Gasteiger charge is 2.25. The third kappa shape index (κ3) is 2.97. The summed E-state index contributed by atoms with van der Waals surface area (Å²) >= 11 is 1.67. The Kier molecular flexibility index (Phi) is 4.17. The normalized spacial score (nSPS) is 14.5. The zero-order chi connectivity index (χ0) is 18.9. The number of hydrogen-bond acceptors (Lipinski definition) is 7. The van der Waals surface area contributed by atoms with Crippen LogP contribution in [0.2, 0.25) is 0 Å². The monoisotopic (exact) mass is 387 g/mol. The second kappa shape index (κ2) is 6.97. The third-order valence-corrected chi connectivity index (χ3v) is 5.70. The molecule has 1 atom stereocenters. The Bertz CT molecular complexity index is 1160. The van der Waals surface area contributed by atoms with Crippen molar-refractivity contribution in [1.29, 1.82) is 0 Å². The zero-order valence-electron chi connectivity index (χ0n) is 15.1. The average molecular weight is 387 g/mol. The maximum absolute atomic E-state index is 4.40. The molecular formula is C20H17N7S. The number of aromatic nitrogens is 5. The quantitative estimate of drug-likeness (QED) is 0.510. The summed E-state index contributed by atoms with van der Waals surface area (Å²) in [6.45, 7) is 2.12. The van der Waals surface area contributed by atoms with Crippen LogP contribution in [-0.2, 0) is 0 Å². The molecule has 1 aromatic carbocycles. The zero-order valence-corrected chi connectivity index (χ0v) is 15.9. The molecule has 0 aliphatic carbocycles. The second-order valence-electron chi connectivity index (χ2n) is 6.39. The van der Waals surface area contributed by atoms with E-state index in [0.29, 0.717) is 5.65 Å². The molecule has 3 aromatic heterocycles. The van der Waals surface area contributed by atoms with Crippen LogP contribution in [0.25, 0.3) is 17.2 Å². The highest BCUT2D eigenvalue weighted by Crippen LogP contribution is 2.40. The lowest BCUT2D eigenvalue weighted by Gasteiger charge is -2.33. The van der Waals surface area contributed by atoms with E-state index < -0.39 is 0 Å². The van der Waals surface area contributed by atoms with Crippen LogP contribution in [-0.4, -0.2) is 31.0 Å². The van der Waals surface area contributed by atoms with Gasteiger partial charge in [-0.15, -0.1) is 0 Å². The van der Waals surface area contributed by atoms with Gasteiger partial charge in [-0.2, -0.15) is 0 Å². The summed E-state index contributed by atoms with van der Waals surface area (Å²) in [5.41, 5.74) is 4.84. The summed E-state index contributed by atoms with van der Waals surface area (Å²) in [5.74, 6) is 0.731. The number of benzene rings is 1. The number of H-pyrrole nitrogens is 1. The van der Waals surface area contributed by atoms with Crippen LogP contribution in [0.5, 0.6) is 0 Å². The Morgan fingerprint density at radius 1 is 1.11 bits per heavy atom. The van der Waals surface area contributed by atoms with Crippen LogP contribution in [0, 0.1) is 0 Å². The lowest BCUT2D eigenvalue weighted by molar-refractivity contribution is 0.900. The molecule has 4 aromatic rings. The van der Waals surface area contributed by atoms with Crippen molar-refractivity contribution in [3.63, 3.8) is 0 Å². The lowest BCUT2D eigenvalue weighted by Crippen LogP contribution is -2.30. The molecule has 0 saturated carbocycles. The van der Waals surface area contributed by atoms with Gasteiger partial charge in [0.25, 0.3) is 0 Å². The number of fused-ring (bicyclic) bond motifs is 2. The SMILES string of the molecule is C[C@H](Nc1ncnc2nc[nH]c12)C1=Cc2ccncc2SN1c1ccccc1. The fourth-order valence-electron chi connectivity index (χ4n) is 3.17. The molecule has 0 amide bonds. The first-order valence-corrected chi connectivity index (χ1v) is 9.66. The highest BCUT2D eigenvalue weighted by molar-refractivity contribution is 8.01. The van der Waals surface area contributed by atoms with E-state index in [-0.39, 0.29) is 6.04 Å². The van der Waals surface area contributed by atoms with Gasteiger partial charge in [0, 0.05) is 12.4 Å². The number of nitrogens with one attached hydrogen (secondary N) is 2. The summed E-state index contributed by atoms with van der Waals surface area (Å²) in [5, 5.41) is 3.51. The average Bonchev–Trinajstić information content (AvgIpc) is 3.23. The van der Waals surface area contributed by atoms with Crippen molar-refractivity contribution in [1.82, 2.24) is 24.9 Å². The molecule has 0 radical (unpaired) electrons. The summed E-state index contributed by atoms with van der Waals surface area (Å²) in [6, 6.07) is 12.4. The third-order valence-electron chi connectivity index (χ3n) is 4.55. The molecule has 4 heterocycles. The molecule has 0 spiro atoms. The highest BCUT2D eigenvalue weighted by atomic mass is 32.2. The predicted octanol–water partition coefficient (Wildman–Crippen LogP) is 4.12. The van der Waals surface area contributed by atoms with E-state index in [1.165, 1.54) is 6.33 Å². The van der Waals surface area contributed by atoms with Gasteiger partial charge in [0.1, 0.15) is 11.8 Å². The Balaban J connectivity index is 1.54. The van der Waals surface area contributed by atoms with Gasteiger partial charge in [0.2, 0.25) is 0 Å². The fraction of sp³-hybridized carbons (Fsp3) is 0.100. The van der Waals surface area contributed by atoms with Crippen LogP contribution < -0.4 is 9.62 Å². The Hall–Kier alpha value is -3.39. The van der Waals surface area contributed by atoms with Gasteiger partial charge in [-0.3, -0.25) is 9.29 Å². The number of anilines is 2. The molecule has 0 fully saturated rings. The summed E-state index contributed by atoms with van der Waals surface area (Å²) in [4.78, 5) is 21.3. The van der Waals surface area contributed by atoms with Crippen molar-refractivity contribution in [2.24, 2.45) is 0 Å². The van der Waals surface area contributed by atoms with Gasteiger partial charge in [-0.25, -0.2) is 15.0 Å². The number of pyridine rings is 1. The van der Waals surface area contributed by atoms with E-state index >= 15 is 0 Å². The standard InChI is InChI=1S/C20H17N7S/c1-13(26-20-18-19(23-11-22-18)24-12-25-20)16-9-14-7-8-21-10-17(14)28-27(16)15-5-3-2-4-6-15/h2-13H,1H3,(H2,22,23,24,25,26)/t13-/m0/s1. The van der Waals surface area contributed by atoms with Crippen LogP contribution in [0.4, 0.5) is 11.5 Å². The summed E-state index contributed by atoms with van der Waals surface area (Å²) in [6.07, 6.45) is 9.08. The van der Waals surface area contributed by atoms with Crippen LogP contribution in [0.1, 0.15) is 12.5 Å². The first kappa shape index (κ1) is 16.8. The van der Waals surface area contributed by atoms with Crippen LogP contribution in [0.3, 0.4) is 0 Å². The van der Waals surface area contributed by atoms with E-state index in [9.17, 15) is 0 Å². The van der Waals surface area contributed by atoms with E-state index in [2.05, 4.69) is 59.7 Å². The van der Waals surface area contributed by atoms with Crippen molar-refractivity contribution in [2.75, 3.05) is 9.62 Å². The number of aromatic amines is 1. The minimum atomic E-state index is -0.00424. The molecule has 0 saturated heterocycles. The number of imidazole rings is 1. The summed E-state index contributed by atoms with van der Waals surface area (Å²) in [7, 11) is 0. The predicted molar refractivity (Wildman–Crippen MR) is 112 cm³/mol. The van der Waals surface area contributed by atoms with Gasteiger partial charge in [-0.05, 0) is 48.7 Å². The molecule has 1 aliphatic heterocycles. The number of nitrogens with zero attached hydrogens (tertiary/aromatic N) is 5. The molecule has 5 rings (SSSR count). The molecule has 8 heteroatoms. The van der Waals surface area contributed by atoms with E-state index in [0.717, 1.165) is 33.2 Å². The number of rotatable bonds is 4. The maximum atomic E-state index is 4.40. The van der Waals surface area contributed by atoms with Gasteiger partial charge >= 0.3 is 0 Å². The van der Waals surface area contributed by atoms with Crippen molar-refractivity contribution in [3.8, 4) is 0 Å². The topological polar surface area (TPSA) is 82.6 Å². The summed E-state index contributed by atoms with van der Waals surface area (Å²) < 4.78 is 2.23. The minimum Gasteiger partial charge on any atom is -0.360 e.